The minimum absolute atomic E-state index is 0.0234. The van der Waals surface area contributed by atoms with E-state index in [9.17, 15) is 4.79 Å². The van der Waals surface area contributed by atoms with E-state index in [1.807, 2.05) is 72.8 Å². The van der Waals surface area contributed by atoms with Gasteiger partial charge in [0.2, 0.25) is 5.91 Å². The smallest absolute Gasteiger partial charge is 0.230 e. The maximum absolute atomic E-state index is 12.7. The van der Waals surface area contributed by atoms with E-state index in [1.165, 1.54) is 11.8 Å². The molecule has 5 nitrogen and oxygen atoms in total. The Labute approximate surface area is 184 Å². The Morgan fingerprint density at radius 3 is 2.55 bits per heavy atom. The molecule has 0 aliphatic carbocycles. The van der Waals surface area contributed by atoms with Crippen LogP contribution in [0.2, 0.25) is 0 Å². The maximum Gasteiger partial charge on any atom is 0.230 e. The average molecular weight is 428 g/mol. The predicted octanol–water partition coefficient (Wildman–Crippen LogP) is 5.03. The van der Waals surface area contributed by atoms with Crippen LogP contribution in [0.5, 0.6) is 5.75 Å². The summed E-state index contributed by atoms with van der Waals surface area (Å²) in [7, 11) is 0. The third kappa shape index (κ3) is 4.11. The van der Waals surface area contributed by atoms with Gasteiger partial charge in [-0.2, -0.15) is 0 Å². The molecule has 31 heavy (non-hydrogen) atoms. The van der Waals surface area contributed by atoms with Gasteiger partial charge in [-0.25, -0.2) is 0 Å². The largest absolute Gasteiger partial charge is 0.493 e. The summed E-state index contributed by atoms with van der Waals surface area (Å²) >= 11 is 1.41. The topological polar surface area (TPSA) is 64.1 Å². The molecule has 6 heteroatoms. The summed E-state index contributed by atoms with van der Waals surface area (Å²) in [6.07, 6.45) is 0.766. The molecule has 1 atom stereocenters. The number of thioether (sulfide) groups is 1. The van der Waals surface area contributed by atoms with Crippen LogP contribution in [-0.4, -0.2) is 28.5 Å². The fourth-order valence-corrected chi connectivity index (χ4v) is 4.64. The van der Waals surface area contributed by atoms with Crippen molar-refractivity contribution in [2.45, 2.75) is 17.5 Å². The summed E-state index contributed by atoms with van der Waals surface area (Å²) in [5, 5.41) is 14.9. The van der Waals surface area contributed by atoms with Crippen LogP contribution >= 0.6 is 11.8 Å². The number of amides is 1. The Morgan fingerprint density at radius 1 is 0.935 bits per heavy atom. The lowest BCUT2D eigenvalue weighted by Gasteiger charge is -2.26. The maximum atomic E-state index is 12.7. The molecule has 4 aromatic rings. The van der Waals surface area contributed by atoms with Crippen molar-refractivity contribution >= 4 is 28.4 Å². The number of nitrogens with one attached hydrogen (secondary N) is 1. The van der Waals surface area contributed by atoms with E-state index < -0.39 is 0 Å². The van der Waals surface area contributed by atoms with Gasteiger partial charge in [0.1, 0.15) is 16.5 Å². The zero-order valence-electron chi connectivity index (χ0n) is 16.8. The fraction of sp³-hybridized carbons (Fsp3) is 0.160. The first-order valence-corrected chi connectivity index (χ1v) is 11.2. The van der Waals surface area contributed by atoms with Crippen LogP contribution in [0.4, 0.5) is 0 Å². The van der Waals surface area contributed by atoms with Crippen LogP contribution in [0.25, 0.3) is 22.0 Å². The van der Waals surface area contributed by atoms with Gasteiger partial charge in [-0.15, -0.1) is 10.2 Å². The van der Waals surface area contributed by atoms with E-state index >= 15 is 0 Å². The molecule has 0 bridgehead atoms. The summed E-state index contributed by atoms with van der Waals surface area (Å²) in [5.41, 5.74) is 2.91. The third-order valence-corrected chi connectivity index (χ3v) is 6.32. The molecule has 0 fully saturated rings. The SMILES string of the molecule is O=C(CSc1nnc(-c2ccccc2)c2ccccc12)NC1CCOc2ccccc21. The average Bonchev–Trinajstić information content (AvgIpc) is 2.83. The zero-order chi connectivity index (χ0) is 21.0. The van der Waals surface area contributed by atoms with Crippen LogP contribution in [0.15, 0.2) is 83.9 Å². The highest BCUT2D eigenvalue weighted by Gasteiger charge is 2.23. The van der Waals surface area contributed by atoms with E-state index in [4.69, 9.17) is 4.74 Å². The molecule has 0 saturated heterocycles. The quantitative estimate of drug-likeness (QED) is 0.453. The van der Waals surface area contributed by atoms with E-state index in [2.05, 4.69) is 21.6 Å². The van der Waals surface area contributed by atoms with Crippen molar-refractivity contribution < 1.29 is 9.53 Å². The Kier molecular flexibility index (Phi) is 5.54. The van der Waals surface area contributed by atoms with Gasteiger partial charge in [-0.1, -0.05) is 84.6 Å². The van der Waals surface area contributed by atoms with Gasteiger partial charge in [0, 0.05) is 28.3 Å². The third-order valence-electron chi connectivity index (χ3n) is 5.33. The van der Waals surface area contributed by atoms with Crippen molar-refractivity contribution in [3.05, 3.63) is 84.4 Å². The first-order chi connectivity index (χ1) is 15.3. The fourth-order valence-electron chi connectivity index (χ4n) is 3.86. The first-order valence-electron chi connectivity index (χ1n) is 10.2. The van der Waals surface area contributed by atoms with E-state index in [0.29, 0.717) is 6.61 Å². The molecule has 3 aromatic carbocycles. The van der Waals surface area contributed by atoms with Crippen LogP contribution in [0, 0.1) is 0 Å². The highest BCUT2D eigenvalue weighted by atomic mass is 32.2. The van der Waals surface area contributed by atoms with Crippen LogP contribution in [0.3, 0.4) is 0 Å². The van der Waals surface area contributed by atoms with Crippen molar-refractivity contribution in [1.82, 2.24) is 15.5 Å². The van der Waals surface area contributed by atoms with Gasteiger partial charge in [-0.05, 0) is 6.07 Å². The Morgan fingerprint density at radius 2 is 1.68 bits per heavy atom. The highest BCUT2D eigenvalue weighted by Crippen LogP contribution is 2.33. The Bertz CT molecular complexity index is 1230. The van der Waals surface area contributed by atoms with Gasteiger partial charge in [-0.3, -0.25) is 4.79 Å². The molecular formula is C25H21N3O2S. The molecule has 0 saturated carbocycles. The number of para-hydroxylation sites is 1. The van der Waals surface area contributed by atoms with Crippen molar-refractivity contribution in [3.8, 4) is 17.0 Å². The molecule has 0 spiro atoms. The molecule has 1 unspecified atom stereocenters. The number of hydrogen-bond donors (Lipinski definition) is 1. The van der Waals surface area contributed by atoms with Crippen LogP contribution in [0.1, 0.15) is 18.0 Å². The second-order valence-corrected chi connectivity index (χ2v) is 8.31. The summed E-state index contributed by atoms with van der Waals surface area (Å²) in [6.45, 7) is 0.603. The number of benzene rings is 3. The monoisotopic (exact) mass is 427 g/mol. The van der Waals surface area contributed by atoms with Gasteiger partial charge in [0.15, 0.2) is 0 Å². The van der Waals surface area contributed by atoms with Gasteiger partial charge < -0.3 is 10.1 Å². The molecule has 1 aliphatic rings. The minimum atomic E-state index is -0.0265. The van der Waals surface area contributed by atoms with Gasteiger partial charge in [0.25, 0.3) is 0 Å². The molecule has 154 valence electrons. The van der Waals surface area contributed by atoms with Crippen molar-refractivity contribution in [3.63, 3.8) is 0 Å². The number of rotatable bonds is 5. The zero-order valence-corrected chi connectivity index (χ0v) is 17.6. The number of hydrogen-bond acceptors (Lipinski definition) is 5. The molecule has 1 aromatic heterocycles. The minimum Gasteiger partial charge on any atom is -0.493 e. The Balaban J connectivity index is 1.33. The lowest BCUT2D eigenvalue weighted by atomic mass is 10.0. The van der Waals surface area contributed by atoms with Crippen molar-refractivity contribution in [1.29, 1.82) is 0 Å². The normalized spacial score (nSPS) is 15.2. The van der Waals surface area contributed by atoms with E-state index in [1.54, 1.807) is 0 Å². The van der Waals surface area contributed by atoms with Crippen molar-refractivity contribution in [2.75, 3.05) is 12.4 Å². The van der Waals surface area contributed by atoms with E-state index in [-0.39, 0.29) is 17.7 Å². The standard InChI is InChI=1S/C25H21N3O2S/c29-23(26-21-14-15-30-22-13-7-6-12-20(21)22)16-31-25-19-11-5-4-10-18(19)24(27-28-25)17-8-2-1-3-9-17/h1-13,21H,14-16H2,(H,26,29). The first kappa shape index (κ1) is 19.6. The second-order valence-electron chi connectivity index (χ2n) is 7.35. The number of fused-ring (bicyclic) bond motifs is 2. The molecule has 1 N–H and O–H groups in total. The second kappa shape index (κ2) is 8.78. The van der Waals surface area contributed by atoms with E-state index in [0.717, 1.165) is 44.8 Å². The molecule has 0 radical (unpaired) electrons. The molecule has 2 heterocycles. The lowest BCUT2D eigenvalue weighted by molar-refractivity contribution is -0.119. The van der Waals surface area contributed by atoms with Gasteiger partial charge in [0.05, 0.1) is 18.4 Å². The molecule has 5 rings (SSSR count). The number of carbonyl (C=O) groups excluding carboxylic acids is 1. The number of ether oxygens (including phenoxy) is 1. The van der Waals surface area contributed by atoms with Crippen LogP contribution < -0.4 is 10.1 Å². The van der Waals surface area contributed by atoms with Crippen LogP contribution in [-0.2, 0) is 4.79 Å². The number of aromatic nitrogens is 2. The highest BCUT2D eigenvalue weighted by molar-refractivity contribution is 8.00. The lowest BCUT2D eigenvalue weighted by Crippen LogP contribution is -2.33. The number of carbonyl (C=O) groups is 1. The van der Waals surface area contributed by atoms with Gasteiger partial charge >= 0.3 is 0 Å². The molecule has 1 aliphatic heterocycles. The molecular weight excluding hydrogens is 406 g/mol. The summed E-state index contributed by atoms with van der Waals surface area (Å²) in [5.74, 6) is 1.10. The summed E-state index contributed by atoms with van der Waals surface area (Å²) in [6, 6.07) is 25.9. The molecule has 1 amide bonds. The Hall–Kier alpha value is -3.38. The number of nitrogens with zero attached hydrogens (tertiary/aromatic N) is 2. The predicted molar refractivity (Wildman–Crippen MR) is 123 cm³/mol. The summed E-state index contributed by atoms with van der Waals surface area (Å²) < 4.78 is 5.69. The van der Waals surface area contributed by atoms with Crippen molar-refractivity contribution in [2.24, 2.45) is 0 Å². The summed E-state index contributed by atoms with van der Waals surface area (Å²) in [4.78, 5) is 12.7.